The van der Waals surface area contributed by atoms with Gasteiger partial charge in [-0.1, -0.05) is 140 Å². The van der Waals surface area contributed by atoms with E-state index in [1.54, 1.807) is 0 Å². The molecule has 11 rings (SSSR count). The monoisotopic (exact) mass is 844 g/mol. The fourth-order valence-electron chi connectivity index (χ4n) is 8.74. The van der Waals surface area contributed by atoms with Gasteiger partial charge in [0, 0.05) is 56.5 Å². The van der Waals surface area contributed by atoms with Gasteiger partial charge >= 0.3 is 0 Å². The first-order valence-electron chi connectivity index (χ1n) is 21.6. The van der Waals surface area contributed by atoms with Crippen molar-refractivity contribution >= 4 is 79.9 Å². The summed E-state index contributed by atoms with van der Waals surface area (Å²) in [6.07, 6.45) is 8.18. The molecule has 6 nitrogen and oxygen atoms in total. The third-order valence-electron chi connectivity index (χ3n) is 11.7. The standard InChI is InChI=1S/C51H36N2O2.C7H9N.CH3N/c1-3-13-44-39(4-2)42-28-33(22-26-45(42)53(44)38-17-9-6-10-18-38)31-52-32-37-16-11-20-47-50(37)43-29-36(24-27-46(43)54-47)40-19-12-21-48-51(40)41-25-23-35(30-49(41)55-48)34-14-7-5-8-15-34;8-6-7-4-2-1-3-5-7;1-2/h3-30,32H,2,31H2,1H3;1-5H,6,8H2;2H,1H2/b13-3-,52-32?;;. The van der Waals surface area contributed by atoms with Crippen molar-refractivity contribution in [1.82, 2.24) is 4.57 Å². The second kappa shape index (κ2) is 19.0. The van der Waals surface area contributed by atoms with Gasteiger partial charge in [-0.05, 0) is 114 Å². The van der Waals surface area contributed by atoms with E-state index in [4.69, 9.17) is 25.0 Å². The van der Waals surface area contributed by atoms with E-state index in [0.717, 1.165) is 99.5 Å². The van der Waals surface area contributed by atoms with E-state index in [-0.39, 0.29) is 0 Å². The Morgan fingerprint density at radius 2 is 1.28 bits per heavy atom. The van der Waals surface area contributed by atoms with Gasteiger partial charge in [0.15, 0.2) is 0 Å². The fraction of sp³-hybridized carbons (Fsp3) is 0.0508. The summed E-state index contributed by atoms with van der Waals surface area (Å²) in [4.78, 5) is 4.99. The van der Waals surface area contributed by atoms with Crippen molar-refractivity contribution in [2.45, 2.75) is 20.0 Å². The van der Waals surface area contributed by atoms with Gasteiger partial charge in [0.25, 0.3) is 0 Å². The lowest BCUT2D eigenvalue weighted by molar-refractivity contribution is 0.669. The Morgan fingerprint density at radius 1 is 0.585 bits per heavy atom. The van der Waals surface area contributed by atoms with Crippen molar-refractivity contribution in [3.63, 3.8) is 0 Å². The number of aliphatic imine (C=N–C) groups is 1. The Hall–Kier alpha value is -8.32. The zero-order chi connectivity index (χ0) is 44.7. The number of para-hydroxylation sites is 1. The highest BCUT2D eigenvalue weighted by Gasteiger charge is 2.18. The molecule has 0 saturated heterocycles. The SMILES string of the molecule is C=Cc1c(/C=C\C)n(-c2ccccc2)c2ccc(CN=Cc3cccc4oc5ccc(-c6cccc7oc8cc(-c9ccccc9)ccc8c67)cc5c34)cc12.C=N.NCc1ccccc1. The predicted molar refractivity (Wildman–Crippen MR) is 275 cm³/mol. The van der Waals surface area contributed by atoms with Crippen LogP contribution in [0.2, 0.25) is 0 Å². The summed E-state index contributed by atoms with van der Waals surface area (Å²) in [6, 6.07) is 63.0. The van der Waals surface area contributed by atoms with Crippen LogP contribution in [0.5, 0.6) is 0 Å². The maximum Gasteiger partial charge on any atom is 0.136 e. The smallest absolute Gasteiger partial charge is 0.136 e. The highest BCUT2D eigenvalue weighted by atomic mass is 16.3. The number of aromatic nitrogens is 1. The third-order valence-corrected chi connectivity index (χ3v) is 11.7. The van der Waals surface area contributed by atoms with Gasteiger partial charge in [-0.2, -0.15) is 0 Å². The zero-order valence-electron chi connectivity index (χ0n) is 36.2. The molecule has 0 saturated carbocycles. The molecule has 0 aliphatic heterocycles. The lowest BCUT2D eigenvalue weighted by atomic mass is 9.96. The largest absolute Gasteiger partial charge is 0.456 e. The van der Waals surface area contributed by atoms with Gasteiger partial charge in [0.05, 0.1) is 17.8 Å². The zero-order valence-corrected chi connectivity index (χ0v) is 36.2. The molecule has 3 heterocycles. The molecule has 0 amide bonds. The Bertz CT molecular complexity index is 3500. The van der Waals surface area contributed by atoms with Crippen molar-refractivity contribution in [3.8, 4) is 27.9 Å². The summed E-state index contributed by atoms with van der Waals surface area (Å²) in [5.74, 6) is 0. The normalized spacial score (nSPS) is 11.4. The molecule has 0 atom stereocenters. The molecule has 0 aliphatic rings. The first-order valence-corrected chi connectivity index (χ1v) is 21.6. The maximum absolute atomic E-state index is 6.45. The van der Waals surface area contributed by atoms with Gasteiger partial charge < -0.3 is 24.5 Å². The highest BCUT2D eigenvalue weighted by molar-refractivity contribution is 6.16. The molecule has 6 heteroatoms. The van der Waals surface area contributed by atoms with E-state index in [1.807, 2.05) is 73.8 Å². The molecule has 3 N–H and O–H groups in total. The fourth-order valence-corrected chi connectivity index (χ4v) is 8.74. The quantitative estimate of drug-likeness (QED) is 0.142. The van der Waals surface area contributed by atoms with Crippen molar-refractivity contribution in [2.24, 2.45) is 10.7 Å². The van der Waals surface area contributed by atoms with Crippen molar-refractivity contribution in [2.75, 3.05) is 0 Å². The summed E-state index contributed by atoms with van der Waals surface area (Å²) < 4.78 is 15.1. The predicted octanol–water partition coefficient (Wildman–Crippen LogP) is 15.5. The summed E-state index contributed by atoms with van der Waals surface area (Å²) in [6.45, 7) is 9.92. The summed E-state index contributed by atoms with van der Waals surface area (Å²) >= 11 is 0. The highest BCUT2D eigenvalue weighted by Crippen LogP contribution is 2.41. The molecular weight excluding hydrogens is 797 g/mol. The van der Waals surface area contributed by atoms with Gasteiger partial charge in [-0.25, -0.2) is 0 Å². The number of allylic oxidation sites excluding steroid dienone is 1. The Kier molecular flexibility index (Phi) is 12.3. The molecule has 8 aromatic carbocycles. The van der Waals surface area contributed by atoms with E-state index >= 15 is 0 Å². The number of nitrogens with two attached hydrogens (primary N) is 1. The minimum Gasteiger partial charge on any atom is -0.456 e. The second-order valence-corrected chi connectivity index (χ2v) is 15.6. The summed E-state index contributed by atoms with van der Waals surface area (Å²) in [5, 5.41) is 11.0. The number of hydrogen-bond acceptors (Lipinski definition) is 5. The maximum atomic E-state index is 6.45. The van der Waals surface area contributed by atoms with Crippen LogP contribution in [0, 0.1) is 5.41 Å². The van der Waals surface area contributed by atoms with Crippen LogP contribution in [-0.2, 0) is 13.1 Å². The van der Waals surface area contributed by atoms with Crippen LogP contribution in [0.4, 0.5) is 0 Å². The van der Waals surface area contributed by atoms with Crippen LogP contribution >= 0.6 is 0 Å². The Morgan fingerprint density at radius 3 is 2.00 bits per heavy atom. The Balaban J connectivity index is 0.000000479. The number of hydrogen-bond donors (Lipinski definition) is 2. The average molecular weight is 845 g/mol. The van der Waals surface area contributed by atoms with E-state index in [9.17, 15) is 0 Å². The molecule has 65 heavy (non-hydrogen) atoms. The summed E-state index contributed by atoms with van der Waals surface area (Å²) in [7, 11) is 0. The molecular formula is C59H48N4O2. The van der Waals surface area contributed by atoms with Crippen LogP contribution < -0.4 is 5.73 Å². The van der Waals surface area contributed by atoms with Gasteiger partial charge in [-0.3, -0.25) is 4.99 Å². The van der Waals surface area contributed by atoms with Crippen LogP contribution in [-0.4, -0.2) is 17.5 Å². The number of fused-ring (bicyclic) bond motifs is 7. The second-order valence-electron chi connectivity index (χ2n) is 15.6. The molecule has 0 spiro atoms. The molecule has 0 unspecified atom stereocenters. The van der Waals surface area contributed by atoms with Crippen LogP contribution in [0.1, 0.15) is 34.9 Å². The van der Waals surface area contributed by atoms with E-state index < -0.39 is 0 Å². The molecule has 0 bridgehead atoms. The molecule has 3 aromatic heterocycles. The number of rotatable bonds is 9. The number of benzene rings is 8. The van der Waals surface area contributed by atoms with Gasteiger partial charge in [0.2, 0.25) is 0 Å². The summed E-state index contributed by atoms with van der Waals surface area (Å²) in [5.41, 5.74) is 21.2. The first kappa shape index (κ1) is 42.0. The van der Waals surface area contributed by atoms with E-state index in [2.05, 4.69) is 157 Å². The molecule has 0 aliphatic carbocycles. The van der Waals surface area contributed by atoms with Gasteiger partial charge in [0.1, 0.15) is 22.3 Å². The molecule has 11 aromatic rings. The van der Waals surface area contributed by atoms with Crippen LogP contribution in [0.25, 0.3) is 94.9 Å². The molecule has 0 fully saturated rings. The topological polar surface area (TPSA) is 93.4 Å². The number of furan rings is 2. The minimum absolute atomic E-state index is 0.543. The number of nitrogens with zero attached hydrogens (tertiary/aromatic N) is 2. The van der Waals surface area contributed by atoms with E-state index in [1.165, 1.54) is 11.1 Å². The van der Waals surface area contributed by atoms with Crippen molar-refractivity contribution in [1.29, 1.82) is 5.41 Å². The van der Waals surface area contributed by atoms with Crippen LogP contribution in [0.15, 0.2) is 208 Å². The minimum atomic E-state index is 0.543. The Labute approximate surface area is 378 Å². The lowest BCUT2D eigenvalue weighted by Crippen LogP contribution is -1.96. The van der Waals surface area contributed by atoms with Crippen LogP contribution in [0.3, 0.4) is 0 Å². The first-order chi connectivity index (χ1) is 32.1. The van der Waals surface area contributed by atoms with Crippen molar-refractivity contribution < 1.29 is 8.83 Å². The van der Waals surface area contributed by atoms with Gasteiger partial charge in [-0.15, -0.1) is 0 Å². The number of nitrogens with one attached hydrogen (secondary N) is 1. The third kappa shape index (κ3) is 8.22. The molecule has 316 valence electrons. The lowest BCUT2D eigenvalue weighted by Gasteiger charge is -2.09. The van der Waals surface area contributed by atoms with Crippen molar-refractivity contribution in [3.05, 3.63) is 223 Å². The average Bonchev–Trinajstić information content (AvgIpc) is 4.04. The molecule has 0 radical (unpaired) electrons. The van der Waals surface area contributed by atoms with E-state index in [0.29, 0.717) is 13.1 Å².